The lowest BCUT2D eigenvalue weighted by Crippen LogP contribution is -2.23. The molecule has 0 unspecified atom stereocenters. The molecule has 1 saturated heterocycles. The summed E-state index contributed by atoms with van der Waals surface area (Å²) in [6, 6.07) is 17.9. The van der Waals surface area contributed by atoms with Crippen LogP contribution in [-0.2, 0) is 0 Å². The molecule has 6 nitrogen and oxygen atoms in total. The molecule has 0 saturated carbocycles. The van der Waals surface area contributed by atoms with E-state index in [0.29, 0.717) is 11.9 Å². The minimum Gasteiger partial charge on any atom is -0.457 e. The van der Waals surface area contributed by atoms with Crippen molar-refractivity contribution in [3.63, 3.8) is 0 Å². The zero-order valence-corrected chi connectivity index (χ0v) is 14.4. The van der Waals surface area contributed by atoms with Gasteiger partial charge in [0.05, 0.1) is 5.56 Å². The Kier molecular flexibility index (Phi) is 4.66. The van der Waals surface area contributed by atoms with Gasteiger partial charge in [0.2, 0.25) is 0 Å². The van der Waals surface area contributed by atoms with Crippen LogP contribution < -0.4 is 21.1 Å². The van der Waals surface area contributed by atoms with Gasteiger partial charge in [0.15, 0.2) is 0 Å². The molecular weight excluding hydrogens is 326 g/mol. The summed E-state index contributed by atoms with van der Waals surface area (Å²) in [5, 5.41) is 6.82. The Hall–Kier alpha value is -3.12. The van der Waals surface area contributed by atoms with Crippen LogP contribution >= 0.6 is 0 Å². The number of nitrogens with zero attached hydrogens (tertiary/aromatic N) is 2. The second-order valence-corrected chi connectivity index (χ2v) is 6.26. The second kappa shape index (κ2) is 7.41. The number of anilines is 2. The largest absolute Gasteiger partial charge is 0.457 e. The van der Waals surface area contributed by atoms with Gasteiger partial charge in [-0.05, 0) is 42.8 Å². The van der Waals surface area contributed by atoms with Crippen molar-refractivity contribution in [1.82, 2.24) is 15.3 Å². The quantitative estimate of drug-likeness (QED) is 0.657. The molecule has 0 radical (unpaired) electrons. The Morgan fingerprint density at radius 1 is 1.00 bits per heavy atom. The van der Waals surface area contributed by atoms with E-state index >= 15 is 0 Å². The highest BCUT2D eigenvalue weighted by molar-refractivity contribution is 5.83. The number of para-hydroxylation sites is 1. The van der Waals surface area contributed by atoms with E-state index in [1.54, 1.807) is 0 Å². The predicted octanol–water partition coefficient (Wildman–Crippen LogP) is 3.29. The SMILES string of the molecule is Nc1ncnc(N[C@@H]2CCNC2)c1-c1ccc(Oc2ccccc2)cc1. The van der Waals surface area contributed by atoms with Crippen LogP contribution in [0.15, 0.2) is 60.9 Å². The van der Waals surface area contributed by atoms with Gasteiger partial charge in [0.1, 0.15) is 29.5 Å². The fourth-order valence-electron chi connectivity index (χ4n) is 3.08. The highest BCUT2D eigenvalue weighted by Crippen LogP contribution is 2.33. The van der Waals surface area contributed by atoms with Gasteiger partial charge in [-0.25, -0.2) is 9.97 Å². The van der Waals surface area contributed by atoms with Crippen molar-refractivity contribution < 1.29 is 4.74 Å². The van der Waals surface area contributed by atoms with Crippen molar-refractivity contribution in [3.8, 4) is 22.6 Å². The number of nitrogens with two attached hydrogens (primary N) is 1. The first kappa shape index (κ1) is 16.4. The number of ether oxygens (including phenoxy) is 1. The molecule has 0 bridgehead atoms. The summed E-state index contributed by atoms with van der Waals surface area (Å²) in [7, 11) is 0. The molecule has 1 fully saturated rings. The molecule has 6 heteroatoms. The van der Waals surface area contributed by atoms with Crippen molar-refractivity contribution in [2.45, 2.75) is 12.5 Å². The van der Waals surface area contributed by atoms with Crippen LogP contribution in [-0.4, -0.2) is 29.1 Å². The van der Waals surface area contributed by atoms with Crippen molar-refractivity contribution in [2.75, 3.05) is 24.1 Å². The van der Waals surface area contributed by atoms with E-state index in [1.165, 1.54) is 6.33 Å². The minimum absolute atomic E-state index is 0.351. The molecule has 1 atom stereocenters. The van der Waals surface area contributed by atoms with Crippen LogP contribution in [0.1, 0.15) is 6.42 Å². The average molecular weight is 347 g/mol. The second-order valence-electron chi connectivity index (χ2n) is 6.26. The molecule has 2 aromatic carbocycles. The fraction of sp³-hybridized carbons (Fsp3) is 0.200. The molecule has 2 heterocycles. The van der Waals surface area contributed by atoms with Gasteiger partial charge in [-0.3, -0.25) is 0 Å². The number of rotatable bonds is 5. The predicted molar refractivity (Wildman–Crippen MR) is 103 cm³/mol. The summed E-state index contributed by atoms with van der Waals surface area (Å²) in [4.78, 5) is 8.57. The van der Waals surface area contributed by atoms with Crippen LogP contribution in [0.5, 0.6) is 11.5 Å². The Morgan fingerprint density at radius 2 is 1.77 bits per heavy atom. The standard InChI is InChI=1S/C20H21N5O/c21-19-18(20(24-13-23-19)25-15-10-11-22-12-15)14-6-8-17(9-7-14)26-16-4-2-1-3-5-16/h1-9,13,15,22H,10-12H2,(H3,21,23,24,25)/t15-/m1/s1. The monoisotopic (exact) mass is 347 g/mol. The molecule has 4 N–H and O–H groups in total. The van der Waals surface area contributed by atoms with E-state index in [9.17, 15) is 0 Å². The van der Waals surface area contributed by atoms with Gasteiger partial charge < -0.3 is 21.1 Å². The smallest absolute Gasteiger partial charge is 0.139 e. The number of hydrogen-bond donors (Lipinski definition) is 3. The van der Waals surface area contributed by atoms with E-state index in [0.717, 1.165) is 48.0 Å². The van der Waals surface area contributed by atoms with Crippen molar-refractivity contribution in [2.24, 2.45) is 0 Å². The number of aromatic nitrogens is 2. The Bertz CT molecular complexity index is 861. The molecule has 0 aliphatic carbocycles. The van der Waals surface area contributed by atoms with Crippen molar-refractivity contribution >= 4 is 11.6 Å². The van der Waals surface area contributed by atoms with Crippen LogP contribution in [0.2, 0.25) is 0 Å². The Morgan fingerprint density at radius 3 is 2.50 bits per heavy atom. The summed E-state index contributed by atoms with van der Waals surface area (Å²) in [6.45, 7) is 1.94. The first-order valence-electron chi connectivity index (χ1n) is 8.70. The van der Waals surface area contributed by atoms with Gasteiger partial charge in [-0.15, -0.1) is 0 Å². The third-order valence-electron chi connectivity index (χ3n) is 4.40. The third kappa shape index (κ3) is 3.60. The van der Waals surface area contributed by atoms with Gasteiger partial charge >= 0.3 is 0 Å². The van der Waals surface area contributed by atoms with Crippen molar-refractivity contribution in [1.29, 1.82) is 0 Å². The van der Waals surface area contributed by atoms with Crippen molar-refractivity contribution in [3.05, 3.63) is 60.9 Å². The van der Waals surface area contributed by atoms with Gasteiger partial charge in [0, 0.05) is 12.6 Å². The Labute approximate surface area is 152 Å². The van der Waals surface area contributed by atoms with Gasteiger partial charge in [-0.1, -0.05) is 30.3 Å². The van der Waals surface area contributed by atoms with E-state index in [1.807, 2.05) is 54.6 Å². The zero-order chi connectivity index (χ0) is 17.8. The van der Waals surface area contributed by atoms with Crippen LogP contribution in [0.25, 0.3) is 11.1 Å². The molecule has 26 heavy (non-hydrogen) atoms. The highest BCUT2D eigenvalue weighted by Gasteiger charge is 2.18. The van der Waals surface area contributed by atoms with Gasteiger partial charge in [-0.2, -0.15) is 0 Å². The first-order chi connectivity index (χ1) is 12.8. The third-order valence-corrected chi connectivity index (χ3v) is 4.40. The first-order valence-corrected chi connectivity index (χ1v) is 8.70. The minimum atomic E-state index is 0.351. The summed E-state index contributed by atoms with van der Waals surface area (Å²) in [5.74, 6) is 2.80. The van der Waals surface area contributed by atoms with E-state index in [4.69, 9.17) is 10.5 Å². The summed E-state index contributed by atoms with van der Waals surface area (Å²) in [5.41, 5.74) is 7.93. The molecule has 1 aliphatic heterocycles. The molecule has 0 spiro atoms. The number of nitrogens with one attached hydrogen (secondary N) is 2. The van der Waals surface area contributed by atoms with E-state index in [-0.39, 0.29) is 0 Å². The van der Waals surface area contributed by atoms with Crippen LogP contribution in [0, 0.1) is 0 Å². The summed E-state index contributed by atoms with van der Waals surface area (Å²) in [6.07, 6.45) is 2.56. The number of nitrogen functional groups attached to an aromatic ring is 1. The maximum Gasteiger partial charge on any atom is 0.139 e. The lowest BCUT2D eigenvalue weighted by Gasteiger charge is -2.16. The molecule has 1 aromatic heterocycles. The maximum absolute atomic E-state index is 6.15. The molecule has 1 aliphatic rings. The van der Waals surface area contributed by atoms with Crippen LogP contribution in [0.4, 0.5) is 11.6 Å². The van der Waals surface area contributed by atoms with Gasteiger partial charge in [0.25, 0.3) is 0 Å². The maximum atomic E-state index is 6.15. The lowest BCUT2D eigenvalue weighted by atomic mass is 10.1. The molecule has 0 amide bonds. The molecule has 3 aromatic rings. The number of hydrogen-bond acceptors (Lipinski definition) is 6. The normalized spacial score (nSPS) is 16.4. The molecule has 4 rings (SSSR count). The van der Waals surface area contributed by atoms with E-state index in [2.05, 4.69) is 20.6 Å². The summed E-state index contributed by atoms with van der Waals surface area (Å²) < 4.78 is 5.85. The lowest BCUT2D eigenvalue weighted by molar-refractivity contribution is 0.483. The highest BCUT2D eigenvalue weighted by atomic mass is 16.5. The molecular formula is C20H21N5O. The fourth-order valence-corrected chi connectivity index (χ4v) is 3.08. The summed E-state index contributed by atoms with van der Waals surface area (Å²) >= 11 is 0. The topological polar surface area (TPSA) is 85.1 Å². The Balaban J connectivity index is 1.58. The number of benzene rings is 2. The van der Waals surface area contributed by atoms with E-state index < -0.39 is 0 Å². The molecule has 132 valence electrons. The van der Waals surface area contributed by atoms with Crippen LogP contribution in [0.3, 0.4) is 0 Å². The average Bonchev–Trinajstić information content (AvgIpc) is 3.17. The zero-order valence-electron chi connectivity index (χ0n) is 14.4.